The highest BCUT2D eigenvalue weighted by atomic mass is 16.2. The van der Waals surface area contributed by atoms with E-state index in [1.165, 1.54) is 12.8 Å². The molecule has 1 aromatic heterocycles. The molecular formula is C24H31N7O. The maximum absolute atomic E-state index is 12.6. The Morgan fingerprint density at radius 3 is 2.62 bits per heavy atom. The number of rotatable bonds is 7. The number of nitrogens with two attached hydrogens (primary N) is 1. The lowest BCUT2D eigenvalue weighted by molar-refractivity contribution is -0.120. The zero-order chi connectivity index (χ0) is 22.5. The van der Waals surface area contributed by atoms with Gasteiger partial charge in [0, 0.05) is 55.1 Å². The van der Waals surface area contributed by atoms with Crippen molar-refractivity contribution in [1.82, 2.24) is 15.3 Å². The molecule has 1 saturated carbocycles. The minimum absolute atomic E-state index is 0.0967. The van der Waals surface area contributed by atoms with Crippen LogP contribution < -0.4 is 21.3 Å². The van der Waals surface area contributed by atoms with Crippen molar-refractivity contribution in [2.75, 3.05) is 23.8 Å². The molecule has 2 aromatic rings. The van der Waals surface area contributed by atoms with E-state index in [2.05, 4.69) is 25.5 Å². The van der Waals surface area contributed by atoms with E-state index < -0.39 is 0 Å². The summed E-state index contributed by atoms with van der Waals surface area (Å²) in [5, 5.41) is 6.28. The van der Waals surface area contributed by atoms with Crippen molar-refractivity contribution in [1.29, 1.82) is 0 Å². The Hall–Kier alpha value is -3.42. The minimum Gasteiger partial charge on any atom is -0.404 e. The lowest BCUT2D eigenvalue weighted by Crippen LogP contribution is -2.47. The van der Waals surface area contributed by atoms with Gasteiger partial charge in [0.25, 0.3) is 0 Å². The van der Waals surface area contributed by atoms with Crippen LogP contribution >= 0.6 is 0 Å². The number of nitrogens with zero attached hydrogens (tertiary/aromatic N) is 4. The Kier molecular flexibility index (Phi) is 6.68. The van der Waals surface area contributed by atoms with E-state index in [0.29, 0.717) is 12.0 Å². The molecule has 8 nitrogen and oxygen atoms in total. The predicted molar refractivity (Wildman–Crippen MR) is 129 cm³/mol. The van der Waals surface area contributed by atoms with Crippen molar-refractivity contribution >= 4 is 35.1 Å². The number of anilines is 3. The van der Waals surface area contributed by atoms with Crippen molar-refractivity contribution in [3.05, 3.63) is 47.8 Å². The number of nitrogens with one attached hydrogen (secondary N) is 2. The van der Waals surface area contributed by atoms with Gasteiger partial charge in [0.15, 0.2) is 0 Å². The highest BCUT2D eigenvalue weighted by Crippen LogP contribution is 2.33. The largest absolute Gasteiger partial charge is 0.404 e. The van der Waals surface area contributed by atoms with Gasteiger partial charge in [-0.2, -0.15) is 4.98 Å². The van der Waals surface area contributed by atoms with Gasteiger partial charge in [0.2, 0.25) is 11.9 Å². The molecular weight excluding hydrogens is 402 g/mol. The summed E-state index contributed by atoms with van der Waals surface area (Å²) < 4.78 is 0. The molecule has 0 bridgehead atoms. The summed E-state index contributed by atoms with van der Waals surface area (Å²) >= 11 is 0. The third-order valence-electron chi connectivity index (χ3n) is 6.19. The second-order valence-corrected chi connectivity index (χ2v) is 8.35. The summed E-state index contributed by atoms with van der Waals surface area (Å²) in [6.07, 6.45) is 10.5. The zero-order valence-corrected chi connectivity index (χ0v) is 18.7. The van der Waals surface area contributed by atoms with Crippen LogP contribution in [0.1, 0.15) is 43.2 Å². The molecule has 2 heterocycles. The third kappa shape index (κ3) is 4.59. The topological polar surface area (TPSA) is 109 Å². The number of aliphatic imine (C=N–C) groups is 1. The fourth-order valence-corrected chi connectivity index (χ4v) is 4.59. The normalized spacial score (nSPS) is 19.5. The average molecular weight is 434 g/mol. The number of amides is 1. The molecule has 1 saturated heterocycles. The van der Waals surface area contributed by atoms with Gasteiger partial charge in [-0.1, -0.05) is 25.0 Å². The zero-order valence-electron chi connectivity index (χ0n) is 18.7. The lowest BCUT2D eigenvalue weighted by atomic mass is 10.1. The Labute approximate surface area is 189 Å². The van der Waals surface area contributed by atoms with Crippen LogP contribution in [-0.2, 0) is 4.79 Å². The number of carbonyl (C=O) groups is 1. The average Bonchev–Trinajstić information content (AvgIpc) is 3.48. The smallest absolute Gasteiger partial charge is 0.242 e. The highest BCUT2D eigenvalue weighted by Gasteiger charge is 2.37. The summed E-state index contributed by atoms with van der Waals surface area (Å²) in [4.78, 5) is 28.2. The molecule has 1 unspecified atom stereocenters. The van der Waals surface area contributed by atoms with Crippen LogP contribution in [0.2, 0.25) is 0 Å². The van der Waals surface area contributed by atoms with Crippen LogP contribution in [0.4, 0.5) is 17.5 Å². The minimum atomic E-state index is -0.166. The summed E-state index contributed by atoms with van der Waals surface area (Å²) in [5.74, 6) is 1.46. The van der Waals surface area contributed by atoms with E-state index in [-0.39, 0.29) is 11.9 Å². The maximum Gasteiger partial charge on any atom is 0.242 e. The maximum atomic E-state index is 12.6. The molecule has 32 heavy (non-hydrogen) atoms. The fraction of sp³-hybridized carbons (Fsp3) is 0.417. The van der Waals surface area contributed by atoms with Crippen LogP contribution in [0, 0.1) is 6.92 Å². The molecule has 1 amide bonds. The van der Waals surface area contributed by atoms with E-state index in [1.807, 2.05) is 37.4 Å². The van der Waals surface area contributed by atoms with Gasteiger partial charge in [-0.15, -0.1) is 0 Å². The van der Waals surface area contributed by atoms with E-state index in [4.69, 9.17) is 10.7 Å². The number of benzene rings is 1. The number of allylic oxidation sites excluding steroid dienone is 1. The van der Waals surface area contributed by atoms with Crippen LogP contribution in [-0.4, -0.2) is 47.8 Å². The van der Waals surface area contributed by atoms with Crippen molar-refractivity contribution < 1.29 is 4.79 Å². The SMILES string of the molecule is CN=CC(=CN)c1ccc(Nc2ncc(C)c(N(C3CCCC3)C3CCNC3=O)n2)cc1. The van der Waals surface area contributed by atoms with Gasteiger partial charge in [-0.25, -0.2) is 4.98 Å². The monoisotopic (exact) mass is 433 g/mol. The number of carbonyl (C=O) groups excluding carboxylic acids is 1. The second-order valence-electron chi connectivity index (χ2n) is 8.35. The standard InChI is InChI=1S/C24H31N7O/c1-16-14-28-24(29-19-9-7-17(8-10-19)18(13-25)15-26-2)30-22(16)31(20-5-3-4-6-20)21-11-12-27-23(21)32/h7-10,13-15,20-21H,3-6,11-12,25H2,1-2H3,(H,27,32)(H,28,29,30). The molecule has 2 aliphatic rings. The van der Waals surface area contributed by atoms with Crippen molar-refractivity contribution in [3.8, 4) is 0 Å². The molecule has 168 valence electrons. The summed E-state index contributed by atoms with van der Waals surface area (Å²) in [5.41, 5.74) is 9.39. The van der Waals surface area contributed by atoms with E-state index in [1.54, 1.807) is 19.5 Å². The molecule has 1 atom stereocenters. The van der Waals surface area contributed by atoms with Gasteiger partial charge in [0.05, 0.1) is 0 Å². The Morgan fingerprint density at radius 1 is 1.25 bits per heavy atom. The van der Waals surface area contributed by atoms with Gasteiger partial charge in [0.1, 0.15) is 11.9 Å². The number of aryl methyl sites for hydroxylation is 1. The lowest BCUT2D eigenvalue weighted by Gasteiger charge is -2.35. The molecule has 0 spiro atoms. The van der Waals surface area contributed by atoms with Gasteiger partial charge < -0.3 is 21.3 Å². The Balaban J connectivity index is 1.59. The quantitative estimate of drug-likeness (QED) is 0.579. The van der Waals surface area contributed by atoms with Crippen LogP contribution in [0.25, 0.3) is 5.57 Å². The molecule has 8 heteroatoms. The molecule has 1 aliphatic carbocycles. The summed E-state index contributed by atoms with van der Waals surface area (Å²) in [6.45, 7) is 2.73. The molecule has 0 radical (unpaired) electrons. The number of hydrogen-bond acceptors (Lipinski definition) is 7. The van der Waals surface area contributed by atoms with E-state index >= 15 is 0 Å². The highest BCUT2D eigenvalue weighted by molar-refractivity contribution is 6.09. The van der Waals surface area contributed by atoms with Crippen LogP contribution in [0.5, 0.6) is 0 Å². The van der Waals surface area contributed by atoms with Gasteiger partial charge >= 0.3 is 0 Å². The first-order valence-corrected chi connectivity index (χ1v) is 11.2. The summed E-state index contributed by atoms with van der Waals surface area (Å²) in [7, 11) is 1.72. The third-order valence-corrected chi connectivity index (χ3v) is 6.19. The van der Waals surface area contributed by atoms with Crippen molar-refractivity contribution in [2.45, 2.75) is 51.1 Å². The number of aromatic nitrogens is 2. The summed E-state index contributed by atoms with van der Waals surface area (Å²) in [6, 6.07) is 8.05. The number of hydrogen-bond donors (Lipinski definition) is 3. The van der Waals surface area contributed by atoms with Gasteiger partial charge in [-0.3, -0.25) is 9.79 Å². The molecule has 2 fully saturated rings. The van der Waals surface area contributed by atoms with E-state index in [0.717, 1.165) is 54.0 Å². The molecule has 1 aliphatic heterocycles. The van der Waals surface area contributed by atoms with Gasteiger partial charge in [-0.05, 0) is 43.9 Å². The van der Waals surface area contributed by atoms with Crippen LogP contribution in [0.3, 0.4) is 0 Å². The first-order valence-electron chi connectivity index (χ1n) is 11.2. The first-order chi connectivity index (χ1) is 15.6. The first kappa shape index (κ1) is 21.8. The predicted octanol–water partition coefficient (Wildman–Crippen LogP) is 3.17. The van der Waals surface area contributed by atoms with E-state index in [9.17, 15) is 4.79 Å². The fourth-order valence-electron chi connectivity index (χ4n) is 4.59. The van der Waals surface area contributed by atoms with Crippen molar-refractivity contribution in [3.63, 3.8) is 0 Å². The molecule has 4 rings (SSSR count). The molecule has 4 N–H and O–H groups in total. The van der Waals surface area contributed by atoms with Crippen LogP contribution in [0.15, 0.2) is 41.7 Å². The Morgan fingerprint density at radius 2 is 2.00 bits per heavy atom. The second kappa shape index (κ2) is 9.80. The van der Waals surface area contributed by atoms with Crippen molar-refractivity contribution in [2.24, 2.45) is 10.7 Å². The Bertz CT molecular complexity index is 1010. The molecule has 1 aromatic carbocycles.